The van der Waals surface area contributed by atoms with Gasteiger partial charge in [-0.2, -0.15) is 5.75 Å². The fourth-order valence-corrected chi connectivity index (χ4v) is 2.33. The van der Waals surface area contributed by atoms with Gasteiger partial charge in [-0.3, -0.25) is 4.79 Å². The molecule has 0 aliphatic carbocycles. The minimum absolute atomic E-state index is 0. The third-order valence-electron chi connectivity index (χ3n) is 3.19. The number of hydrogen-bond donors (Lipinski definition) is 0. The Balaban J connectivity index is 0. The summed E-state index contributed by atoms with van der Waals surface area (Å²) in [5.74, 6) is 1.21. The van der Waals surface area contributed by atoms with Gasteiger partial charge in [0.2, 0.25) is 0 Å². The Morgan fingerprint density at radius 1 is 1.14 bits per heavy atom. The summed E-state index contributed by atoms with van der Waals surface area (Å²) in [4.78, 5) is 13.8. The molecule has 0 radical (unpaired) electrons. The minimum atomic E-state index is 0. The van der Waals surface area contributed by atoms with Crippen molar-refractivity contribution < 1.29 is 25.9 Å². The van der Waals surface area contributed by atoms with E-state index in [4.69, 9.17) is 12.6 Å². The minimum Gasteiger partial charge on any atom is -0.791 e. The van der Waals surface area contributed by atoms with Crippen LogP contribution in [0, 0.1) is 5.92 Å². The maximum atomic E-state index is 11.3. The Labute approximate surface area is 156 Å². The number of hydrogen-bond acceptors (Lipinski definition) is 3. The molecule has 0 aromatic heterocycles. The first-order valence-corrected chi connectivity index (χ1v) is 8.62. The molecule has 0 atom stereocenters. The van der Waals surface area contributed by atoms with Gasteiger partial charge in [-0.1, -0.05) is 58.0 Å². The molecule has 0 spiro atoms. The SMILES string of the molecule is CC.CC(C)C(=O)c1ccccc1.[S-]CCN1CCCC1.[W]. The summed E-state index contributed by atoms with van der Waals surface area (Å²) < 4.78 is 0. The van der Waals surface area contributed by atoms with Crippen molar-refractivity contribution in [1.82, 2.24) is 4.90 Å². The summed E-state index contributed by atoms with van der Waals surface area (Å²) in [7, 11) is 0. The normalized spacial score (nSPS) is 13.4. The van der Waals surface area contributed by atoms with E-state index in [9.17, 15) is 4.79 Å². The van der Waals surface area contributed by atoms with Crippen LogP contribution in [0.3, 0.4) is 0 Å². The molecule has 1 aromatic carbocycles. The van der Waals surface area contributed by atoms with Crippen molar-refractivity contribution >= 4 is 18.4 Å². The summed E-state index contributed by atoms with van der Waals surface area (Å²) in [6.45, 7) is 11.5. The maximum Gasteiger partial charge on any atom is 0.165 e. The van der Waals surface area contributed by atoms with Crippen LogP contribution in [0.15, 0.2) is 30.3 Å². The number of likely N-dealkylation sites (tertiary alicyclic amines) is 1. The smallest absolute Gasteiger partial charge is 0.165 e. The molecule has 2 rings (SSSR count). The zero-order valence-corrected chi connectivity index (χ0v) is 18.1. The number of carbonyl (C=O) groups excluding carboxylic acids is 1. The van der Waals surface area contributed by atoms with Gasteiger partial charge >= 0.3 is 0 Å². The Hall–Kier alpha value is -0.112. The second-order valence-electron chi connectivity index (χ2n) is 5.14. The van der Waals surface area contributed by atoms with Crippen LogP contribution in [0.4, 0.5) is 0 Å². The van der Waals surface area contributed by atoms with Crippen LogP contribution in [0.2, 0.25) is 0 Å². The molecule has 0 amide bonds. The molecule has 1 aliphatic rings. The van der Waals surface area contributed by atoms with Gasteiger partial charge in [-0.25, -0.2) is 0 Å². The Bertz CT molecular complexity index is 365. The van der Waals surface area contributed by atoms with Crippen molar-refractivity contribution in [1.29, 1.82) is 0 Å². The quantitative estimate of drug-likeness (QED) is 0.465. The molecule has 2 nitrogen and oxygen atoms in total. The van der Waals surface area contributed by atoms with Crippen molar-refractivity contribution in [2.75, 3.05) is 25.4 Å². The van der Waals surface area contributed by atoms with E-state index in [1.54, 1.807) is 0 Å². The van der Waals surface area contributed by atoms with Gasteiger partial charge < -0.3 is 17.5 Å². The summed E-state index contributed by atoms with van der Waals surface area (Å²) in [6, 6.07) is 9.38. The van der Waals surface area contributed by atoms with Crippen LogP contribution < -0.4 is 0 Å². The predicted octanol–water partition coefficient (Wildman–Crippen LogP) is 4.18. The first-order chi connectivity index (χ1) is 10.1. The van der Waals surface area contributed by atoms with E-state index in [0.29, 0.717) is 0 Å². The van der Waals surface area contributed by atoms with Crippen LogP contribution in [-0.2, 0) is 33.7 Å². The molecule has 0 unspecified atom stereocenters. The second kappa shape index (κ2) is 15.8. The van der Waals surface area contributed by atoms with Crippen molar-refractivity contribution in [3.05, 3.63) is 35.9 Å². The van der Waals surface area contributed by atoms with E-state index >= 15 is 0 Å². The molecule has 22 heavy (non-hydrogen) atoms. The number of ketones is 1. The molecule has 1 aliphatic heterocycles. The number of benzene rings is 1. The number of rotatable bonds is 4. The topological polar surface area (TPSA) is 20.3 Å². The van der Waals surface area contributed by atoms with E-state index in [1.807, 2.05) is 58.0 Å². The molecule has 0 N–H and O–H groups in total. The monoisotopic (exact) mass is 492 g/mol. The number of nitrogens with zero attached hydrogens (tertiary/aromatic N) is 1. The van der Waals surface area contributed by atoms with Crippen molar-refractivity contribution in [2.45, 2.75) is 40.5 Å². The Morgan fingerprint density at radius 2 is 1.64 bits per heavy atom. The Kier molecular flexibility index (Phi) is 17.3. The van der Waals surface area contributed by atoms with Gasteiger partial charge in [0.05, 0.1) is 0 Å². The standard InChI is InChI=1S/C10H12O.C6H13NS.C2H6.W/c1-8(2)10(11)9-6-4-3-5-7-9;8-6-5-7-3-1-2-4-7;1-2;/h3-8H,1-2H3;8H,1-6H2;1-2H3;/p-1. The summed E-state index contributed by atoms with van der Waals surface area (Å²) in [6.07, 6.45) is 2.77. The molecule has 1 fully saturated rings. The van der Waals surface area contributed by atoms with E-state index < -0.39 is 0 Å². The molecular weight excluding hydrogens is 462 g/mol. The molecule has 0 saturated carbocycles. The maximum absolute atomic E-state index is 11.3. The average Bonchev–Trinajstić information content (AvgIpc) is 3.03. The third-order valence-corrected chi connectivity index (χ3v) is 3.37. The van der Waals surface area contributed by atoms with Gasteiger partial charge in [0.15, 0.2) is 5.78 Å². The summed E-state index contributed by atoms with van der Waals surface area (Å²) in [5, 5.41) is 0. The van der Waals surface area contributed by atoms with Crippen LogP contribution in [-0.4, -0.2) is 36.1 Å². The predicted molar refractivity (Wildman–Crippen MR) is 94.9 cm³/mol. The zero-order valence-electron chi connectivity index (χ0n) is 14.4. The van der Waals surface area contributed by atoms with Crippen LogP contribution in [0.1, 0.15) is 50.9 Å². The molecule has 126 valence electrons. The molecule has 1 heterocycles. The van der Waals surface area contributed by atoms with Crippen molar-refractivity contribution in [3.63, 3.8) is 0 Å². The van der Waals surface area contributed by atoms with Crippen LogP contribution in [0.25, 0.3) is 0 Å². The number of Topliss-reactive ketones (excluding diaryl/α,β-unsaturated/α-hetero) is 1. The first kappa shape index (κ1) is 24.1. The van der Waals surface area contributed by atoms with E-state index in [-0.39, 0.29) is 32.8 Å². The summed E-state index contributed by atoms with van der Waals surface area (Å²) in [5.41, 5.74) is 0.808. The number of carbonyl (C=O) groups is 1. The van der Waals surface area contributed by atoms with E-state index in [0.717, 1.165) is 17.9 Å². The van der Waals surface area contributed by atoms with E-state index in [1.165, 1.54) is 25.9 Å². The van der Waals surface area contributed by atoms with Crippen LogP contribution >= 0.6 is 0 Å². The molecule has 0 bridgehead atoms. The second-order valence-corrected chi connectivity index (χ2v) is 5.55. The third kappa shape index (κ3) is 10.6. The van der Waals surface area contributed by atoms with Gasteiger partial charge in [-0.15, -0.1) is 0 Å². The zero-order chi connectivity index (χ0) is 16.1. The summed E-state index contributed by atoms with van der Waals surface area (Å²) >= 11 is 4.85. The van der Waals surface area contributed by atoms with Gasteiger partial charge in [-0.05, 0) is 32.5 Å². The van der Waals surface area contributed by atoms with Crippen LogP contribution in [0.5, 0.6) is 0 Å². The fourth-order valence-electron chi connectivity index (χ4n) is 2.07. The largest absolute Gasteiger partial charge is 0.791 e. The van der Waals surface area contributed by atoms with Gasteiger partial charge in [0.25, 0.3) is 0 Å². The Morgan fingerprint density at radius 3 is 2.05 bits per heavy atom. The molecule has 1 saturated heterocycles. The fraction of sp³-hybridized carbons (Fsp3) is 0.611. The first-order valence-electron chi connectivity index (χ1n) is 8.05. The van der Waals surface area contributed by atoms with Gasteiger partial charge in [0, 0.05) is 32.5 Å². The van der Waals surface area contributed by atoms with Crippen molar-refractivity contribution in [2.24, 2.45) is 5.92 Å². The van der Waals surface area contributed by atoms with E-state index in [2.05, 4.69) is 4.90 Å². The van der Waals surface area contributed by atoms with Crippen molar-refractivity contribution in [3.8, 4) is 0 Å². The molecular formula is C18H30NOSW-. The molecule has 1 aromatic rings. The average molecular weight is 492 g/mol. The van der Waals surface area contributed by atoms with Gasteiger partial charge in [0.1, 0.15) is 0 Å². The molecule has 4 heteroatoms.